The molecule has 0 saturated carbocycles. The lowest BCUT2D eigenvalue weighted by atomic mass is 9.93. The highest BCUT2D eigenvalue weighted by atomic mass is 35.5. The van der Waals surface area contributed by atoms with Crippen LogP contribution in [0.1, 0.15) is 61.7 Å². The summed E-state index contributed by atoms with van der Waals surface area (Å²) >= 11 is 6.50. The fraction of sp³-hybridized carbons (Fsp3) is 0.308. The van der Waals surface area contributed by atoms with Gasteiger partial charge >= 0.3 is 11.9 Å². The maximum Gasteiger partial charge on any atom is 0.337 e. The van der Waals surface area contributed by atoms with Gasteiger partial charge in [-0.3, -0.25) is 9.78 Å². The van der Waals surface area contributed by atoms with Gasteiger partial charge in [0, 0.05) is 36.7 Å². The van der Waals surface area contributed by atoms with Gasteiger partial charge in [-0.2, -0.15) is 0 Å². The van der Waals surface area contributed by atoms with Crippen LogP contribution in [0.5, 0.6) is 0 Å². The molecule has 0 radical (unpaired) electrons. The van der Waals surface area contributed by atoms with Gasteiger partial charge in [0.05, 0.1) is 18.9 Å². The monoisotopic (exact) mass is 481 g/mol. The number of nitrogens with zero attached hydrogens (tertiary/aromatic N) is 2. The Kier molecular flexibility index (Phi) is 8.99. The Hall–Kier alpha value is -3.45. The van der Waals surface area contributed by atoms with Crippen molar-refractivity contribution in [3.63, 3.8) is 0 Å². The lowest BCUT2D eigenvalue weighted by molar-refractivity contribution is -0.136. The Bertz CT molecular complexity index is 1160. The minimum Gasteiger partial charge on any atom is -0.466 e. The predicted octanol–water partition coefficient (Wildman–Crippen LogP) is 5.47. The van der Waals surface area contributed by atoms with E-state index >= 15 is 0 Å². The van der Waals surface area contributed by atoms with Crippen LogP contribution < -0.4 is 0 Å². The zero-order valence-electron chi connectivity index (χ0n) is 19.5. The number of halogens is 1. The molecule has 8 heteroatoms. The number of imidazole rings is 1. The molecule has 0 bridgehead atoms. The zero-order valence-corrected chi connectivity index (χ0v) is 20.3. The average molecular weight is 482 g/mol. The first-order chi connectivity index (χ1) is 16.4. The molecule has 0 fully saturated rings. The van der Waals surface area contributed by atoms with E-state index in [4.69, 9.17) is 21.1 Å². The maximum atomic E-state index is 12.7. The Morgan fingerprint density at radius 1 is 1.15 bits per heavy atom. The minimum absolute atomic E-state index is 0.0808. The van der Waals surface area contributed by atoms with Crippen LogP contribution in [-0.4, -0.2) is 34.0 Å². The smallest absolute Gasteiger partial charge is 0.337 e. The van der Waals surface area contributed by atoms with E-state index in [1.165, 1.54) is 14.0 Å². The average Bonchev–Trinajstić information content (AvgIpc) is 3.32. The van der Waals surface area contributed by atoms with E-state index in [1.807, 2.05) is 24.3 Å². The molecule has 0 aliphatic rings. The standard InChI is InChI=1S/C26H28ClN3O4/c1-4-5-8-20(19-9-6-7-10-22(19)27)25-29-16-23(30-25)24(34-17(2)31)21(26(32)33-3)15-18-11-13-28-14-12-18/h6-7,9-14,16,20H,4-5,8,15H2,1-3H3,(H,29,30). The highest BCUT2D eigenvalue weighted by Crippen LogP contribution is 2.34. The molecule has 0 saturated heterocycles. The molecule has 0 aliphatic heterocycles. The summed E-state index contributed by atoms with van der Waals surface area (Å²) in [6, 6.07) is 11.2. The highest BCUT2D eigenvalue weighted by Gasteiger charge is 2.25. The Balaban J connectivity index is 2.09. The van der Waals surface area contributed by atoms with E-state index < -0.39 is 11.9 Å². The second kappa shape index (κ2) is 12.1. The van der Waals surface area contributed by atoms with Crippen LogP contribution in [-0.2, 0) is 25.5 Å². The third-order valence-electron chi connectivity index (χ3n) is 5.38. The van der Waals surface area contributed by atoms with Crippen molar-refractivity contribution in [2.24, 2.45) is 0 Å². The van der Waals surface area contributed by atoms with Crippen molar-refractivity contribution in [2.75, 3.05) is 7.11 Å². The van der Waals surface area contributed by atoms with Crippen molar-refractivity contribution in [1.82, 2.24) is 15.0 Å². The topological polar surface area (TPSA) is 94.2 Å². The van der Waals surface area contributed by atoms with E-state index in [9.17, 15) is 9.59 Å². The Morgan fingerprint density at radius 3 is 2.53 bits per heavy atom. The summed E-state index contributed by atoms with van der Waals surface area (Å²) in [7, 11) is 1.29. The number of unbranched alkanes of at least 4 members (excludes halogenated alkanes) is 1. The number of methoxy groups -OCH3 is 1. The second-order valence-electron chi connectivity index (χ2n) is 7.82. The van der Waals surface area contributed by atoms with Crippen molar-refractivity contribution < 1.29 is 19.1 Å². The molecule has 3 rings (SSSR count). The number of ether oxygens (including phenoxy) is 2. The summed E-state index contributed by atoms with van der Waals surface area (Å²) in [5, 5.41) is 0.658. The fourth-order valence-corrected chi connectivity index (χ4v) is 4.00. The Morgan fingerprint density at radius 2 is 1.88 bits per heavy atom. The summed E-state index contributed by atoms with van der Waals surface area (Å²) in [6.07, 6.45) is 7.85. The molecule has 3 aromatic rings. The van der Waals surface area contributed by atoms with Gasteiger partial charge in [0.15, 0.2) is 5.76 Å². The number of carbonyl (C=O) groups excluding carboxylic acids is 2. The molecule has 7 nitrogen and oxygen atoms in total. The molecule has 2 aromatic heterocycles. The third kappa shape index (κ3) is 6.32. The first-order valence-corrected chi connectivity index (χ1v) is 11.5. The largest absolute Gasteiger partial charge is 0.466 e. The molecule has 0 aliphatic carbocycles. The number of benzene rings is 1. The van der Waals surface area contributed by atoms with Gasteiger partial charge < -0.3 is 14.5 Å². The number of H-pyrrole nitrogens is 1. The molecule has 1 aromatic carbocycles. The van der Waals surface area contributed by atoms with Gasteiger partial charge in [0.25, 0.3) is 0 Å². The first-order valence-electron chi connectivity index (χ1n) is 11.1. The maximum absolute atomic E-state index is 12.7. The van der Waals surface area contributed by atoms with Crippen molar-refractivity contribution in [3.05, 3.63) is 88.2 Å². The van der Waals surface area contributed by atoms with Gasteiger partial charge in [-0.25, -0.2) is 9.78 Å². The number of carbonyl (C=O) groups is 2. The molecular weight excluding hydrogens is 454 g/mol. The molecule has 34 heavy (non-hydrogen) atoms. The van der Waals surface area contributed by atoms with E-state index in [1.54, 1.807) is 30.7 Å². The van der Waals surface area contributed by atoms with Crippen molar-refractivity contribution in [3.8, 4) is 0 Å². The number of hydrogen-bond acceptors (Lipinski definition) is 6. The van der Waals surface area contributed by atoms with Crippen LogP contribution in [0.2, 0.25) is 5.02 Å². The van der Waals surface area contributed by atoms with Gasteiger partial charge in [-0.15, -0.1) is 0 Å². The number of nitrogens with one attached hydrogen (secondary N) is 1. The molecular formula is C26H28ClN3O4. The third-order valence-corrected chi connectivity index (χ3v) is 5.72. The molecule has 0 amide bonds. The van der Waals surface area contributed by atoms with Gasteiger partial charge in [-0.05, 0) is 35.7 Å². The number of pyridine rings is 1. The SMILES string of the molecule is CCCCC(c1ncc(C(OC(C)=O)=C(Cc2ccncc2)C(=O)OC)[nH]1)c1ccccc1Cl. The molecule has 1 N–H and O–H groups in total. The van der Waals surface area contributed by atoms with E-state index in [0.29, 0.717) is 16.5 Å². The van der Waals surface area contributed by atoms with E-state index in [2.05, 4.69) is 21.9 Å². The number of esters is 2. The number of aromatic nitrogens is 3. The molecule has 1 atom stereocenters. The highest BCUT2D eigenvalue weighted by molar-refractivity contribution is 6.31. The van der Waals surface area contributed by atoms with E-state index in [0.717, 1.165) is 30.4 Å². The second-order valence-corrected chi connectivity index (χ2v) is 8.23. The molecule has 2 heterocycles. The quantitative estimate of drug-likeness (QED) is 0.234. The van der Waals surface area contributed by atoms with Gasteiger partial charge in [-0.1, -0.05) is 49.6 Å². The van der Waals surface area contributed by atoms with Gasteiger partial charge in [0.2, 0.25) is 0 Å². The zero-order chi connectivity index (χ0) is 24.5. The summed E-state index contributed by atoms with van der Waals surface area (Å²) < 4.78 is 10.5. The number of hydrogen-bond donors (Lipinski definition) is 1. The van der Waals surface area contributed by atoms with Gasteiger partial charge in [0.1, 0.15) is 11.5 Å². The lowest BCUT2D eigenvalue weighted by Crippen LogP contribution is -2.14. The minimum atomic E-state index is -0.599. The summed E-state index contributed by atoms with van der Waals surface area (Å²) in [4.78, 5) is 36.6. The van der Waals surface area contributed by atoms with Crippen molar-refractivity contribution in [1.29, 1.82) is 0 Å². The van der Waals surface area contributed by atoms with Crippen molar-refractivity contribution in [2.45, 2.75) is 45.4 Å². The van der Waals surface area contributed by atoms with Crippen LogP contribution in [0.15, 0.2) is 60.6 Å². The predicted molar refractivity (Wildman–Crippen MR) is 130 cm³/mol. The van der Waals surface area contributed by atoms with Crippen molar-refractivity contribution >= 4 is 29.3 Å². The van der Waals surface area contributed by atoms with Crippen LogP contribution in [0.3, 0.4) is 0 Å². The number of aromatic amines is 1. The normalized spacial score (nSPS) is 12.6. The molecule has 178 valence electrons. The lowest BCUT2D eigenvalue weighted by Gasteiger charge is -2.17. The van der Waals surface area contributed by atoms with Crippen LogP contribution in [0.4, 0.5) is 0 Å². The summed E-state index contributed by atoms with van der Waals surface area (Å²) in [5.41, 5.74) is 2.38. The molecule has 1 unspecified atom stereocenters. The first kappa shape index (κ1) is 25.2. The van der Waals surface area contributed by atoms with Crippen LogP contribution >= 0.6 is 11.6 Å². The fourth-order valence-electron chi connectivity index (χ4n) is 3.73. The number of rotatable bonds is 10. The van der Waals surface area contributed by atoms with Crippen LogP contribution in [0.25, 0.3) is 5.76 Å². The van der Waals surface area contributed by atoms with Crippen LogP contribution in [0, 0.1) is 0 Å². The Labute approximate surface area is 204 Å². The molecule has 0 spiro atoms. The van der Waals surface area contributed by atoms with E-state index in [-0.39, 0.29) is 23.7 Å². The summed E-state index contributed by atoms with van der Waals surface area (Å²) in [5.74, 6) is -0.478. The summed E-state index contributed by atoms with van der Waals surface area (Å²) in [6.45, 7) is 3.41.